The summed E-state index contributed by atoms with van der Waals surface area (Å²) in [7, 11) is 0. The van der Waals surface area contributed by atoms with Crippen molar-refractivity contribution in [2.75, 3.05) is 4.90 Å². The van der Waals surface area contributed by atoms with E-state index in [1.807, 2.05) is 0 Å². The fourth-order valence-corrected chi connectivity index (χ4v) is 2.55. The number of carbonyl (C=O) groups excluding carboxylic acids is 1. The number of carbonyl (C=O) groups is 2. The first kappa shape index (κ1) is 15.8. The average Bonchev–Trinajstić information content (AvgIpc) is 2.83. The second kappa shape index (κ2) is 6.21. The van der Waals surface area contributed by atoms with Gasteiger partial charge in [-0.15, -0.1) is 0 Å². The van der Waals surface area contributed by atoms with Crippen LogP contribution in [0.25, 0.3) is 6.08 Å². The van der Waals surface area contributed by atoms with Gasteiger partial charge in [0.1, 0.15) is 11.5 Å². The maximum Gasteiger partial charge on any atom is 0.335 e. The van der Waals surface area contributed by atoms with Crippen LogP contribution in [-0.2, 0) is 4.79 Å². The Morgan fingerprint density at radius 2 is 1.75 bits per heavy atom. The summed E-state index contributed by atoms with van der Waals surface area (Å²) in [5.74, 6) is -1.79. The molecule has 2 N–H and O–H groups in total. The third-order valence-corrected chi connectivity index (χ3v) is 3.72. The number of carboxylic acid groups (broad SMARTS) is 1. The Hall–Kier alpha value is -3.06. The van der Waals surface area contributed by atoms with E-state index in [0.717, 1.165) is 0 Å². The topological polar surface area (TPSA) is 69.6 Å². The predicted octanol–water partition coefficient (Wildman–Crippen LogP) is 2.79. The van der Waals surface area contributed by atoms with Gasteiger partial charge in [-0.3, -0.25) is 9.69 Å². The molecule has 0 spiro atoms. The van der Waals surface area contributed by atoms with Crippen LogP contribution in [-0.4, -0.2) is 22.1 Å². The van der Waals surface area contributed by atoms with Gasteiger partial charge in [0, 0.05) is 0 Å². The highest BCUT2D eigenvalue weighted by Crippen LogP contribution is 2.22. The van der Waals surface area contributed by atoms with Crippen LogP contribution in [0.1, 0.15) is 15.9 Å². The molecule has 0 aromatic heterocycles. The van der Waals surface area contributed by atoms with Gasteiger partial charge in [0.25, 0.3) is 5.91 Å². The molecule has 2 aromatic carbocycles. The molecule has 7 heteroatoms. The molecule has 1 saturated heterocycles. The minimum Gasteiger partial charge on any atom is -0.478 e. The van der Waals surface area contributed by atoms with E-state index in [9.17, 15) is 14.0 Å². The van der Waals surface area contributed by atoms with Crippen molar-refractivity contribution < 1.29 is 19.1 Å². The smallest absolute Gasteiger partial charge is 0.335 e. The number of rotatable bonds is 3. The van der Waals surface area contributed by atoms with E-state index in [0.29, 0.717) is 11.3 Å². The molecule has 24 heavy (non-hydrogen) atoms. The van der Waals surface area contributed by atoms with Crippen LogP contribution in [0.3, 0.4) is 0 Å². The molecule has 0 bridgehead atoms. The molecule has 0 aliphatic carbocycles. The summed E-state index contributed by atoms with van der Waals surface area (Å²) >= 11 is 5.16. The Bertz CT molecular complexity index is 860. The first-order valence-corrected chi connectivity index (χ1v) is 7.32. The molecular weight excluding hydrogens is 331 g/mol. The van der Waals surface area contributed by atoms with Gasteiger partial charge < -0.3 is 10.4 Å². The second-order valence-corrected chi connectivity index (χ2v) is 5.42. The van der Waals surface area contributed by atoms with Crippen LogP contribution >= 0.6 is 12.2 Å². The number of benzene rings is 2. The lowest BCUT2D eigenvalue weighted by Gasteiger charge is -2.13. The van der Waals surface area contributed by atoms with Gasteiger partial charge in [-0.25, -0.2) is 9.18 Å². The van der Waals surface area contributed by atoms with Crippen molar-refractivity contribution in [3.05, 3.63) is 71.2 Å². The SMILES string of the molecule is O=C(O)c1ccc(/C=C2/NC(=S)N(c3ccc(F)cc3)C2=O)cc1. The summed E-state index contributed by atoms with van der Waals surface area (Å²) < 4.78 is 13.0. The maximum absolute atomic E-state index is 13.0. The number of amides is 1. The Morgan fingerprint density at radius 3 is 2.33 bits per heavy atom. The standard InChI is InChI=1S/C17H11FN2O3S/c18-12-5-7-13(8-6-12)20-15(21)14(19-17(20)24)9-10-1-3-11(4-2-10)16(22)23/h1-9H,(H,19,24)(H,22,23)/b14-9+. The molecule has 0 saturated carbocycles. The highest BCUT2D eigenvalue weighted by molar-refractivity contribution is 7.80. The van der Waals surface area contributed by atoms with Crippen molar-refractivity contribution in [3.63, 3.8) is 0 Å². The lowest BCUT2D eigenvalue weighted by molar-refractivity contribution is -0.113. The molecule has 0 radical (unpaired) electrons. The number of aromatic carboxylic acids is 1. The first-order valence-electron chi connectivity index (χ1n) is 6.92. The number of hydrogen-bond donors (Lipinski definition) is 2. The van der Waals surface area contributed by atoms with E-state index in [-0.39, 0.29) is 22.3 Å². The number of anilines is 1. The number of hydrogen-bond acceptors (Lipinski definition) is 3. The number of nitrogens with zero attached hydrogens (tertiary/aromatic N) is 1. The molecule has 1 aliphatic heterocycles. The first-order chi connectivity index (χ1) is 11.5. The summed E-state index contributed by atoms with van der Waals surface area (Å²) in [6.45, 7) is 0. The molecule has 0 atom stereocenters. The molecule has 0 unspecified atom stereocenters. The third-order valence-electron chi connectivity index (χ3n) is 3.43. The van der Waals surface area contributed by atoms with Crippen molar-refractivity contribution in [2.45, 2.75) is 0 Å². The molecule has 3 rings (SSSR count). The maximum atomic E-state index is 13.0. The van der Waals surface area contributed by atoms with Crippen LogP contribution in [0, 0.1) is 5.82 Å². The van der Waals surface area contributed by atoms with Crippen LogP contribution in [0.15, 0.2) is 54.2 Å². The lowest BCUT2D eigenvalue weighted by Crippen LogP contribution is -2.30. The molecule has 2 aromatic rings. The Kier molecular flexibility index (Phi) is 4.09. The quantitative estimate of drug-likeness (QED) is 0.663. The highest BCUT2D eigenvalue weighted by Gasteiger charge is 2.31. The van der Waals surface area contributed by atoms with Crippen LogP contribution in [0.5, 0.6) is 0 Å². The number of carboxylic acids is 1. The number of thiocarbonyl (C=S) groups is 1. The van der Waals surface area contributed by atoms with E-state index >= 15 is 0 Å². The minimum atomic E-state index is -1.02. The molecule has 1 fully saturated rings. The van der Waals surface area contributed by atoms with Crippen LogP contribution in [0.2, 0.25) is 0 Å². The summed E-state index contributed by atoms with van der Waals surface area (Å²) in [6, 6.07) is 11.5. The molecule has 1 heterocycles. The number of halogens is 1. The summed E-state index contributed by atoms with van der Waals surface area (Å²) in [4.78, 5) is 24.6. The van der Waals surface area contributed by atoms with Crippen LogP contribution in [0.4, 0.5) is 10.1 Å². The molecule has 120 valence electrons. The van der Waals surface area contributed by atoms with Gasteiger partial charge in [-0.1, -0.05) is 12.1 Å². The van der Waals surface area contributed by atoms with E-state index in [1.54, 1.807) is 18.2 Å². The van der Waals surface area contributed by atoms with Gasteiger partial charge in [0.05, 0.1) is 11.3 Å². The zero-order valence-corrected chi connectivity index (χ0v) is 13.0. The van der Waals surface area contributed by atoms with Gasteiger partial charge in [0.2, 0.25) is 0 Å². The van der Waals surface area contributed by atoms with Crippen molar-refractivity contribution in [1.82, 2.24) is 5.32 Å². The average molecular weight is 342 g/mol. The minimum absolute atomic E-state index is 0.159. The third kappa shape index (κ3) is 3.02. The van der Waals surface area contributed by atoms with Crippen molar-refractivity contribution in [2.24, 2.45) is 0 Å². The predicted molar refractivity (Wildman–Crippen MR) is 91.0 cm³/mol. The van der Waals surface area contributed by atoms with Crippen molar-refractivity contribution in [1.29, 1.82) is 0 Å². The fourth-order valence-electron chi connectivity index (χ4n) is 2.25. The summed E-state index contributed by atoms with van der Waals surface area (Å²) in [6.07, 6.45) is 1.57. The summed E-state index contributed by atoms with van der Waals surface area (Å²) in [5, 5.41) is 11.9. The summed E-state index contributed by atoms with van der Waals surface area (Å²) in [5.41, 5.74) is 1.53. The Morgan fingerprint density at radius 1 is 1.12 bits per heavy atom. The lowest BCUT2D eigenvalue weighted by atomic mass is 10.1. The van der Waals surface area contributed by atoms with E-state index < -0.39 is 11.8 Å². The van der Waals surface area contributed by atoms with E-state index in [2.05, 4.69) is 5.32 Å². The van der Waals surface area contributed by atoms with E-state index in [4.69, 9.17) is 17.3 Å². The Balaban J connectivity index is 1.87. The molecule has 1 amide bonds. The van der Waals surface area contributed by atoms with Gasteiger partial charge in [-0.05, 0) is 60.3 Å². The monoisotopic (exact) mass is 342 g/mol. The molecule has 1 aliphatic rings. The van der Waals surface area contributed by atoms with E-state index in [1.165, 1.54) is 41.3 Å². The Labute approximate surface area is 142 Å². The van der Waals surface area contributed by atoms with Gasteiger partial charge in [-0.2, -0.15) is 0 Å². The molecule has 5 nitrogen and oxygen atoms in total. The van der Waals surface area contributed by atoms with Gasteiger partial charge >= 0.3 is 5.97 Å². The van der Waals surface area contributed by atoms with Crippen molar-refractivity contribution >= 4 is 41.0 Å². The largest absolute Gasteiger partial charge is 0.478 e. The normalized spacial score (nSPS) is 15.7. The molecular formula is C17H11FN2O3S. The highest BCUT2D eigenvalue weighted by atomic mass is 32.1. The zero-order chi connectivity index (χ0) is 17.3. The number of nitrogens with one attached hydrogen (secondary N) is 1. The van der Waals surface area contributed by atoms with Crippen molar-refractivity contribution in [3.8, 4) is 0 Å². The van der Waals surface area contributed by atoms with Crippen LogP contribution < -0.4 is 10.2 Å². The second-order valence-electron chi connectivity index (χ2n) is 5.03. The fraction of sp³-hybridized carbons (Fsp3) is 0. The van der Waals surface area contributed by atoms with Gasteiger partial charge in [0.15, 0.2) is 5.11 Å². The zero-order valence-electron chi connectivity index (χ0n) is 12.2.